The number of nitrogens with one attached hydrogen (secondary N) is 1. The van der Waals surface area contributed by atoms with Gasteiger partial charge in [0, 0.05) is 0 Å². The van der Waals surface area contributed by atoms with Gasteiger partial charge in [-0.05, 0) is 59.5 Å². The third-order valence-electron chi connectivity index (χ3n) is 2.27. The Kier molecular flexibility index (Phi) is 8.26. The molecule has 0 aliphatic heterocycles. The fraction of sp³-hybridized carbons (Fsp3) is 0.923. The molecule has 0 unspecified atom stereocenters. The Labute approximate surface area is 99.9 Å². The second-order valence-electron chi connectivity index (χ2n) is 5.20. The van der Waals surface area contributed by atoms with E-state index in [9.17, 15) is 4.79 Å². The molecule has 96 valence electrons. The van der Waals surface area contributed by atoms with E-state index in [1.165, 1.54) is 6.42 Å². The van der Waals surface area contributed by atoms with Crippen molar-refractivity contribution in [2.75, 3.05) is 19.7 Å². The van der Waals surface area contributed by atoms with Gasteiger partial charge >= 0.3 is 5.97 Å². The molecule has 0 aromatic heterocycles. The van der Waals surface area contributed by atoms with Gasteiger partial charge in [-0.3, -0.25) is 4.79 Å². The maximum atomic E-state index is 11.4. The number of esters is 1. The van der Waals surface area contributed by atoms with E-state index >= 15 is 0 Å². The first-order chi connectivity index (χ1) is 7.48. The van der Waals surface area contributed by atoms with Gasteiger partial charge in [0.2, 0.25) is 0 Å². The number of carbonyl (C=O) groups excluding carboxylic acids is 1. The Morgan fingerprint density at radius 3 is 2.38 bits per heavy atom. The van der Waals surface area contributed by atoms with E-state index in [2.05, 4.69) is 12.2 Å². The third kappa shape index (κ3) is 8.72. The molecule has 0 aromatic rings. The lowest BCUT2D eigenvalue weighted by Crippen LogP contribution is -2.23. The molecular formula is C13H27NO2. The second kappa shape index (κ2) is 8.57. The van der Waals surface area contributed by atoms with Gasteiger partial charge in [0.25, 0.3) is 0 Å². The molecule has 0 aliphatic rings. The SMILES string of the molecule is CCCNCCCCCOC(=O)C(C)(C)C. The van der Waals surface area contributed by atoms with Crippen LogP contribution in [0, 0.1) is 5.41 Å². The van der Waals surface area contributed by atoms with Crippen molar-refractivity contribution in [3.05, 3.63) is 0 Å². The predicted molar refractivity (Wildman–Crippen MR) is 67.4 cm³/mol. The normalized spacial score (nSPS) is 11.5. The Hall–Kier alpha value is -0.570. The number of unbranched alkanes of at least 4 members (excludes halogenated alkanes) is 2. The Bertz CT molecular complexity index is 185. The van der Waals surface area contributed by atoms with Gasteiger partial charge in [0.05, 0.1) is 12.0 Å². The average molecular weight is 229 g/mol. The molecule has 0 spiro atoms. The van der Waals surface area contributed by atoms with Crippen molar-refractivity contribution < 1.29 is 9.53 Å². The molecule has 3 heteroatoms. The Morgan fingerprint density at radius 2 is 1.81 bits per heavy atom. The van der Waals surface area contributed by atoms with Gasteiger partial charge < -0.3 is 10.1 Å². The molecule has 0 aromatic carbocycles. The van der Waals surface area contributed by atoms with Crippen LogP contribution in [0.1, 0.15) is 53.4 Å². The molecule has 16 heavy (non-hydrogen) atoms. The minimum absolute atomic E-state index is 0.100. The van der Waals surface area contributed by atoms with E-state index in [1.54, 1.807) is 0 Å². The maximum absolute atomic E-state index is 11.4. The van der Waals surface area contributed by atoms with Crippen molar-refractivity contribution in [3.63, 3.8) is 0 Å². The van der Waals surface area contributed by atoms with Crippen LogP contribution < -0.4 is 5.32 Å². The summed E-state index contributed by atoms with van der Waals surface area (Å²) >= 11 is 0. The summed E-state index contributed by atoms with van der Waals surface area (Å²) in [6.45, 7) is 10.5. The molecule has 0 atom stereocenters. The van der Waals surface area contributed by atoms with E-state index < -0.39 is 0 Å². The highest BCUT2D eigenvalue weighted by Crippen LogP contribution is 2.15. The largest absolute Gasteiger partial charge is 0.465 e. The van der Waals surface area contributed by atoms with Crippen molar-refractivity contribution >= 4 is 5.97 Å². The average Bonchev–Trinajstić information content (AvgIpc) is 2.20. The highest BCUT2D eigenvalue weighted by atomic mass is 16.5. The van der Waals surface area contributed by atoms with Gasteiger partial charge in [-0.15, -0.1) is 0 Å². The van der Waals surface area contributed by atoms with Crippen LogP contribution in [0.15, 0.2) is 0 Å². The highest BCUT2D eigenvalue weighted by Gasteiger charge is 2.22. The van der Waals surface area contributed by atoms with Gasteiger partial charge in [-0.25, -0.2) is 0 Å². The van der Waals surface area contributed by atoms with Gasteiger partial charge in [0.15, 0.2) is 0 Å². The molecule has 0 saturated carbocycles. The highest BCUT2D eigenvalue weighted by molar-refractivity contribution is 5.75. The lowest BCUT2D eigenvalue weighted by atomic mass is 9.97. The molecule has 0 bridgehead atoms. The number of hydrogen-bond donors (Lipinski definition) is 1. The quantitative estimate of drug-likeness (QED) is 0.514. The van der Waals surface area contributed by atoms with Crippen LogP contribution in [0.25, 0.3) is 0 Å². The number of ether oxygens (including phenoxy) is 1. The zero-order valence-electron chi connectivity index (χ0n) is 11.3. The molecule has 3 nitrogen and oxygen atoms in total. The van der Waals surface area contributed by atoms with E-state index in [0.29, 0.717) is 6.61 Å². The van der Waals surface area contributed by atoms with Crippen molar-refractivity contribution in [2.45, 2.75) is 53.4 Å². The second-order valence-corrected chi connectivity index (χ2v) is 5.20. The first kappa shape index (κ1) is 15.4. The van der Waals surface area contributed by atoms with Crippen LogP contribution in [0.2, 0.25) is 0 Å². The molecule has 0 saturated heterocycles. The van der Waals surface area contributed by atoms with Crippen LogP contribution in [-0.4, -0.2) is 25.7 Å². The van der Waals surface area contributed by atoms with Crippen molar-refractivity contribution in [1.29, 1.82) is 0 Å². The van der Waals surface area contributed by atoms with Gasteiger partial charge in [0.1, 0.15) is 0 Å². The summed E-state index contributed by atoms with van der Waals surface area (Å²) in [4.78, 5) is 11.4. The van der Waals surface area contributed by atoms with Crippen molar-refractivity contribution in [2.24, 2.45) is 5.41 Å². The standard InChI is InChI=1S/C13H27NO2/c1-5-9-14-10-7-6-8-11-16-12(15)13(2,3)4/h14H,5-11H2,1-4H3. The molecular weight excluding hydrogens is 202 g/mol. The summed E-state index contributed by atoms with van der Waals surface area (Å²) < 4.78 is 5.17. The minimum atomic E-state index is -0.372. The van der Waals surface area contributed by atoms with E-state index in [-0.39, 0.29) is 11.4 Å². The maximum Gasteiger partial charge on any atom is 0.311 e. The van der Waals surface area contributed by atoms with Gasteiger partial charge in [-0.2, -0.15) is 0 Å². The van der Waals surface area contributed by atoms with Crippen molar-refractivity contribution in [1.82, 2.24) is 5.32 Å². The first-order valence-electron chi connectivity index (χ1n) is 6.36. The van der Waals surface area contributed by atoms with Crippen LogP contribution in [0.3, 0.4) is 0 Å². The number of rotatable bonds is 8. The fourth-order valence-corrected chi connectivity index (χ4v) is 1.21. The lowest BCUT2D eigenvalue weighted by Gasteiger charge is -2.16. The van der Waals surface area contributed by atoms with E-state index in [4.69, 9.17) is 4.74 Å². The molecule has 0 fully saturated rings. The zero-order chi connectivity index (χ0) is 12.4. The topological polar surface area (TPSA) is 38.3 Å². The van der Waals surface area contributed by atoms with Crippen molar-refractivity contribution in [3.8, 4) is 0 Å². The monoisotopic (exact) mass is 229 g/mol. The van der Waals surface area contributed by atoms with Gasteiger partial charge in [-0.1, -0.05) is 6.92 Å². The third-order valence-corrected chi connectivity index (χ3v) is 2.27. The number of carbonyl (C=O) groups is 1. The summed E-state index contributed by atoms with van der Waals surface area (Å²) in [5, 5.41) is 3.35. The molecule has 0 rings (SSSR count). The van der Waals surface area contributed by atoms with E-state index in [1.807, 2.05) is 20.8 Å². The smallest absolute Gasteiger partial charge is 0.311 e. The van der Waals surface area contributed by atoms with Crippen LogP contribution in [0.4, 0.5) is 0 Å². The Balaban J connectivity index is 3.25. The summed E-state index contributed by atoms with van der Waals surface area (Å²) in [5.74, 6) is -0.100. The minimum Gasteiger partial charge on any atom is -0.465 e. The number of hydrogen-bond acceptors (Lipinski definition) is 3. The summed E-state index contributed by atoms with van der Waals surface area (Å²) in [5.41, 5.74) is -0.372. The molecule has 1 N–H and O–H groups in total. The predicted octanol–water partition coefficient (Wildman–Crippen LogP) is 2.75. The Morgan fingerprint density at radius 1 is 1.12 bits per heavy atom. The summed E-state index contributed by atoms with van der Waals surface area (Å²) in [6, 6.07) is 0. The van der Waals surface area contributed by atoms with Crippen LogP contribution >= 0.6 is 0 Å². The molecule has 0 heterocycles. The van der Waals surface area contributed by atoms with E-state index in [0.717, 1.165) is 32.4 Å². The van der Waals surface area contributed by atoms with Crippen LogP contribution in [-0.2, 0) is 9.53 Å². The summed E-state index contributed by atoms with van der Waals surface area (Å²) in [6.07, 6.45) is 4.43. The molecule has 0 aliphatic carbocycles. The van der Waals surface area contributed by atoms with Crippen LogP contribution in [0.5, 0.6) is 0 Å². The lowest BCUT2D eigenvalue weighted by molar-refractivity contribution is -0.153. The zero-order valence-corrected chi connectivity index (χ0v) is 11.3. The molecule has 0 radical (unpaired) electrons. The fourth-order valence-electron chi connectivity index (χ4n) is 1.21. The summed E-state index contributed by atoms with van der Waals surface area (Å²) in [7, 11) is 0. The molecule has 0 amide bonds. The first-order valence-corrected chi connectivity index (χ1v) is 6.36.